The quantitative estimate of drug-likeness (QED) is 0.816. The summed E-state index contributed by atoms with van der Waals surface area (Å²) in [4.78, 5) is 0.0857. The Hall–Kier alpha value is -0.410. The van der Waals surface area contributed by atoms with Crippen molar-refractivity contribution in [3.05, 3.63) is 35.6 Å². The third kappa shape index (κ3) is 3.29. The molecule has 0 spiro atoms. The molecule has 0 saturated carbocycles. The lowest BCUT2D eigenvalue weighted by Gasteiger charge is -2.25. The van der Waals surface area contributed by atoms with Gasteiger partial charge in [-0.25, -0.2) is 4.39 Å². The Morgan fingerprint density at radius 1 is 1.19 bits per heavy atom. The molecule has 3 atom stereocenters. The third-order valence-electron chi connectivity index (χ3n) is 2.91. The van der Waals surface area contributed by atoms with Gasteiger partial charge in [-0.3, -0.25) is 0 Å². The van der Waals surface area contributed by atoms with Crippen molar-refractivity contribution in [1.82, 2.24) is 0 Å². The van der Waals surface area contributed by atoms with Crippen LogP contribution in [0.2, 0.25) is 0 Å². The van der Waals surface area contributed by atoms with E-state index in [0.29, 0.717) is 0 Å². The topological polar surface area (TPSA) is 20.2 Å². The Labute approximate surface area is 105 Å². The molecule has 16 heavy (non-hydrogen) atoms. The molecule has 0 aliphatic carbocycles. The predicted octanol–water partition coefficient (Wildman–Crippen LogP) is 3.85. The van der Waals surface area contributed by atoms with Crippen molar-refractivity contribution in [2.24, 2.45) is 0 Å². The molecule has 0 aliphatic heterocycles. The Kier molecular flexibility index (Phi) is 5.42. The highest BCUT2D eigenvalue weighted by molar-refractivity contribution is 9.09. The van der Waals surface area contributed by atoms with Crippen LogP contribution in [-0.2, 0) is 0 Å². The first kappa shape index (κ1) is 13.7. The first-order valence-corrected chi connectivity index (χ1v) is 6.59. The van der Waals surface area contributed by atoms with Gasteiger partial charge in [0.25, 0.3) is 0 Å². The number of hydrogen-bond donors (Lipinski definition) is 1. The zero-order valence-electron chi connectivity index (χ0n) is 9.66. The van der Waals surface area contributed by atoms with Crippen molar-refractivity contribution in [2.75, 3.05) is 0 Å². The number of benzene rings is 1. The maximum absolute atomic E-state index is 12.8. The van der Waals surface area contributed by atoms with Gasteiger partial charge in [0.15, 0.2) is 0 Å². The van der Waals surface area contributed by atoms with Crippen LogP contribution in [0.15, 0.2) is 24.3 Å². The number of rotatable bonds is 5. The number of halogens is 2. The van der Waals surface area contributed by atoms with Crippen LogP contribution >= 0.6 is 15.9 Å². The van der Waals surface area contributed by atoms with E-state index < -0.39 is 6.10 Å². The molecule has 0 bridgehead atoms. The van der Waals surface area contributed by atoms with Crippen LogP contribution in [0.3, 0.4) is 0 Å². The fraction of sp³-hybridized carbons (Fsp3) is 0.538. The van der Waals surface area contributed by atoms with Crippen molar-refractivity contribution in [1.29, 1.82) is 0 Å². The molecule has 1 N–H and O–H groups in total. The molecule has 0 fully saturated rings. The molecule has 0 saturated heterocycles. The third-order valence-corrected chi connectivity index (χ3v) is 4.10. The van der Waals surface area contributed by atoms with Gasteiger partial charge in [-0.05, 0) is 30.5 Å². The van der Waals surface area contributed by atoms with Crippen molar-refractivity contribution >= 4 is 15.9 Å². The predicted molar refractivity (Wildman–Crippen MR) is 68.4 cm³/mol. The minimum atomic E-state index is -0.430. The fourth-order valence-electron chi connectivity index (χ4n) is 1.88. The van der Waals surface area contributed by atoms with Crippen LogP contribution in [-0.4, -0.2) is 16.0 Å². The van der Waals surface area contributed by atoms with Crippen LogP contribution in [0.5, 0.6) is 0 Å². The zero-order chi connectivity index (χ0) is 12.1. The first-order valence-electron chi connectivity index (χ1n) is 5.67. The number of aliphatic hydroxyl groups is 1. The second kappa shape index (κ2) is 6.36. The molecule has 0 aromatic heterocycles. The fourth-order valence-corrected chi connectivity index (χ4v) is 2.25. The van der Waals surface area contributed by atoms with Crippen molar-refractivity contribution in [2.45, 2.75) is 43.5 Å². The molecular weight excluding hydrogens is 271 g/mol. The number of alkyl halides is 1. The summed E-state index contributed by atoms with van der Waals surface area (Å²) in [5, 5.41) is 10.2. The number of aliphatic hydroxyl groups excluding tert-OH is 1. The van der Waals surface area contributed by atoms with E-state index in [9.17, 15) is 9.50 Å². The van der Waals surface area contributed by atoms with Crippen LogP contribution in [0.25, 0.3) is 0 Å². The number of hydrogen-bond acceptors (Lipinski definition) is 1. The van der Waals surface area contributed by atoms with Gasteiger partial charge in [0.2, 0.25) is 0 Å². The van der Waals surface area contributed by atoms with Crippen LogP contribution in [0, 0.1) is 5.82 Å². The lowest BCUT2D eigenvalue weighted by atomic mass is 9.89. The van der Waals surface area contributed by atoms with Gasteiger partial charge in [-0.15, -0.1) is 0 Å². The Morgan fingerprint density at radius 2 is 1.75 bits per heavy atom. The molecular formula is C13H18BrFO. The van der Waals surface area contributed by atoms with E-state index in [-0.39, 0.29) is 16.6 Å². The van der Waals surface area contributed by atoms with Crippen molar-refractivity contribution in [3.8, 4) is 0 Å². The summed E-state index contributed by atoms with van der Waals surface area (Å²) in [6.07, 6.45) is 1.29. The van der Waals surface area contributed by atoms with Crippen LogP contribution in [0.1, 0.15) is 38.2 Å². The Bertz CT molecular complexity index is 312. The van der Waals surface area contributed by atoms with E-state index in [1.54, 1.807) is 12.1 Å². The second-order valence-corrected chi connectivity index (χ2v) is 5.16. The summed E-state index contributed by atoms with van der Waals surface area (Å²) >= 11 is 3.47. The van der Waals surface area contributed by atoms with Gasteiger partial charge in [0.1, 0.15) is 5.82 Å². The van der Waals surface area contributed by atoms with Gasteiger partial charge >= 0.3 is 0 Å². The SMILES string of the molecule is CCC(Br)C(O)C(CC)c1ccc(F)cc1. The molecule has 0 radical (unpaired) electrons. The smallest absolute Gasteiger partial charge is 0.123 e. The molecule has 1 aromatic carbocycles. The molecule has 3 unspecified atom stereocenters. The average molecular weight is 289 g/mol. The zero-order valence-corrected chi connectivity index (χ0v) is 11.2. The van der Waals surface area contributed by atoms with Crippen LogP contribution < -0.4 is 0 Å². The minimum absolute atomic E-state index is 0.0601. The minimum Gasteiger partial charge on any atom is -0.391 e. The van der Waals surface area contributed by atoms with E-state index in [1.165, 1.54) is 12.1 Å². The molecule has 90 valence electrons. The van der Waals surface area contributed by atoms with Crippen LogP contribution in [0.4, 0.5) is 4.39 Å². The Balaban J connectivity index is 2.85. The van der Waals surface area contributed by atoms with E-state index in [2.05, 4.69) is 15.9 Å². The normalized spacial score (nSPS) is 16.8. The standard InChI is InChI=1S/C13H18BrFO/c1-3-11(13(16)12(14)4-2)9-5-7-10(15)8-6-9/h5-8,11-13,16H,3-4H2,1-2H3. The van der Waals surface area contributed by atoms with Gasteiger partial charge in [0, 0.05) is 10.7 Å². The van der Waals surface area contributed by atoms with Gasteiger partial charge < -0.3 is 5.11 Å². The van der Waals surface area contributed by atoms with Gasteiger partial charge in [0.05, 0.1) is 6.10 Å². The Morgan fingerprint density at radius 3 is 2.19 bits per heavy atom. The maximum Gasteiger partial charge on any atom is 0.123 e. The monoisotopic (exact) mass is 288 g/mol. The summed E-state index contributed by atoms with van der Waals surface area (Å²) in [6.45, 7) is 4.06. The van der Waals surface area contributed by atoms with E-state index in [0.717, 1.165) is 18.4 Å². The summed E-state index contributed by atoms with van der Waals surface area (Å²) in [7, 11) is 0. The molecule has 0 heterocycles. The molecule has 0 amide bonds. The summed E-state index contributed by atoms with van der Waals surface area (Å²) in [5.41, 5.74) is 0.995. The van der Waals surface area contributed by atoms with E-state index in [4.69, 9.17) is 0 Å². The maximum atomic E-state index is 12.8. The largest absolute Gasteiger partial charge is 0.391 e. The molecule has 0 aliphatic rings. The van der Waals surface area contributed by atoms with Gasteiger partial charge in [-0.2, -0.15) is 0 Å². The van der Waals surface area contributed by atoms with Gasteiger partial charge in [-0.1, -0.05) is 41.9 Å². The lowest BCUT2D eigenvalue weighted by molar-refractivity contribution is 0.138. The molecule has 3 heteroatoms. The summed E-state index contributed by atoms with van der Waals surface area (Å²) < 4.78 is 12.8. The second-order valence-electron chi connectivity index (χ2n) is 3.98. The van der Waals surface area contributed by atoms with E-state index >= 15 is 0 Å². The van der Waals surface area contributed by atoms with Crippen molar-refractivity contribution < 1.29 is 9.50 Å². The summed E-state index contributed by atoms with van der Waals surface area (Å²) in [5.74, 6) is -0.177. The average Bonchev–Trinajstić information content (AvgIpc) is 2.31. The molecule has 1 nitrogen and oxygen atoms in total. The highest BCUT2D eigenvalue weighted by atomic mass is 79.9. The highest BCUT2D eigenvalue weighted by Gasteiger charge is 2.24. The molecule has 1 aromatic rings. The highest BCUT2D eigenvalue weighted by Crippen LogP contribution is 2.29. The first-order chi connectivity index (χ1) is 7.60. The summed E-state index contributed by atoms with van der Waals surface area (Å²) in [6, 6.07) is 6.39. The van der Waals surface area contributed by atoms with Crippen molar-refractivity contribution in [3.63, 3.8) is 0 Å². The lowest BCUT2D eigenvalue weighted by Crippen LogP contribution is -2.27. The molecule has 1 rings (SSSR count). The van der Waals surface area contributed by atoms with E-state index in [1.807, 2.05) is 13.8 Å².